The Morgan fingerprint density at radius 3 is 2.90 bits per heavy atom. The van der Waals surface area contributed by atoms with Crippen molar-refractivity contribution in [3.63, 3.8) is 0 Å². The number of nitrogens with two attached hydrogens (primary N) is 1. The fourth-order valence-electron chi connectivity index (χ4n) is 2.54. The summed E-state index contributed by atoms with van der Waals surface area (Å²) in [7, 11) is 1.66. The standard InChI is InChI=1S/C15H22N2O2S/c1-3-17(10-12-5-4-8-19-12)14-9-11(18-2)6-7-13(14)15(16)20/h6-7,9,12H,3-5,8,10H2,1-2H3,(H2,16,20). The van der Waals surface area contributed by atoms with E-state index in [1.54, 1.807) is 7.11 Å². The van der Waals surface area contributed by atoms with Crippen LogP contribution < -0.4 is 15.4 Å². The maximum absolute atomic E-state index is 5.84. The van der Waals surface area contributed by atoms with Gasteiger partial charge in [0.25, 0.3) is 0 Å². The van der Waals surface area contributed by atoms with Crippen LogP contribution >= 0.6 is 12.2 Å². The lowest BCUT2D eigenvalue weighted by atomic mass is 10.1. The van der Waals surface area contributed by atoms with Gasteiger partial charge in [0, 0.05) is 31.3 Å². The summed E-state index contributed by atoms with van der Waals surface area (Å²) in [5, 5.41) is 0. The Hall–Kier alpha value is -1.33. The normalized spacial score (nSPS) is 18.0. The largest absolute Gasteiger partial charge is 0.497 e. The molecule has 1 aromatic carbocycles. The lowest BCUT2D eigenvalue weighted by Crippen LogP contribution is -2.33. The molecule has 0 aromatic heterocycles. The van der Waals surface area contributed by atoms with E-state index >= 15 is 0 Å². The molecule has 1 aromatic rings. The molecule has 20 heavy (non-hydrogen) atoms. The maximum Gasteiger partial charge on any atom is 0.120 e. The highest BCUT2D eigenvalue weighted by atomic mass is 32.1. The number of methoxy groups -OCH3 is 1. The molecule has 2 rings (SSSR count). The maximum atomic E-state index is 5.84. The van der Waals surface area contributed by atoms with E-state index in [0.717, 1.165) is 49.5 Å². The molecular formula is C15H22N2O2S. The average Bonchev–Trinajstić information content (AvgIpc) is 2.97. The molecule has 1 fully saturated rings. The molecule has 2 N–H and O–H groups in total. The number of hydrogen-bond acceptors (Lipinski definition) is 4. The SMILES string of the molecule is CCN(CC1CCCO1)c1cc(OC)ccc1C(N)=S. The molecular weight excluding hydrogens is 272 g/mol. The van der Waals surface area contributed by atoms with E-state index in [4.69, 9.17) is 27.4 Å². The van der Waals surface area contributed by atoms with Gasteiger partial charge in [-0.05, 0) is 31.9 Å². The van der Waals surface area contributed by atoms with Gasteiger partial charge in [-0.15, -0.1) is 0 Å². The van der Waals surface area contributed by atoms with E-state index in [2.05, 4.69) is 11.8 Å². The number of rotatable bonds is 6. The Bertz CT molecular complexity index is 473. The topological polar surface area (TPSA) is 47.7 Å². The molecule has 0 bridgehead atoms. The molecule has 0 radical (unpaired) electrons. The first kappa shape index (κ1) is 15.1. The van der Waals surface area contributed by atoms with Gasteiger partial charge in [0.05, 0.1) is 18.9 Å². The number of thiocarbonyl (C=S) groups is 1. The van der Waals surface area contributed by atoms with Gasteiger partial charge in [-0.25, -0.2) is 0 Å². The van der Waals surface area contributed by atoms with E-state index in [0.29, 0.717) is 11.1 Å². The molecule has 0 amide bonds. The van der Waals surface area contributed by atoms with Crippen molar-refractivity contribution in [2.45, 2.75) is 25.9 Å². The predicted octanol–water partition coefficient (Wildman–Crippen LogP) is 2.33. The summed E-state index contributed by atoms with van der Waals surface area (Å²) in [5.41, 5.74) is 7.75. The van der Waals surface area contributed by atoms with Crippen molar-refractivity contribution in [3.05, 3.63) is 23.8 Å². The highest BCUT2D eigenvalue weighted by Gasteiger charge is 2.21. The first-order valence-electron chi connectivity index (χ1n) is 7.00. The van der Waals surface area contributed by atoms with Crippen molar-refractivity contribution >= 4 is 22.9 Å². The van der Waals surface area contributed by atoms with Crippen molar-refractivity contribution in [1.29, 1.82) is 0 Å². The third-order valence-electron chi connectivity index (χ3n) is 3.64. The van der Waals surface area contributed by atoms with E-state index < -0.39 is 0 Å². The van der Waals surface area contributed by atoms with Gasteiger partial charge in [0.15, 0.2) is 0 Å². The van der Waals surface area contributed by atoms with E-state index in [1.807, 2.05) is 18.2 Å². The van der Waals surface area contributed by atoms with Crippen molar-refractivity contribution in [3.8, 4) is 5.75 Å². The quantitative estimate of drug-likeness (QED) is 0.816. The minimum Gasteiger partial charge on any atom is -0.497 e. The smallest absolute Gasteiger partial charge is 0.120 e. The minimum absolute atomic E-state index is 0.292. The summed E-state index contributed by atoms with van der Waals surface area (Å²) < 4.78 is 11.0. The first-order chi connectivity index (χ1) is 9.65. The van der Waals surface area contributed by atoms with Crippen LogP contribution in [-0.2, 0) is 4.74 Å². The number of anilines is 1. The van der Waals surface area contributed by atoms with Crippen molar-refractivity contribution in [1.82, 2.24) is 0 Å². The van der Waals surface area contributed by atoms with E-state index in [1.165, 1.54) is 0 Å². The Kier molecular flexibility index (Phi) is 5.20. The second-order valence-electron chi connectivity index (χ2n) is 4.92. The molecule has 4 nitrogen and oxygen atoms in total. The zero-order valence-electron chi connectivity index (χ0n) is 12.1. The van der Waals surface area contributed by atoms with Gasteiger partial charge >= 0.3 is 0 Å². The van der Waals surface area contributed by atoms with Crippen LogP contribution in [0, 0.1) is 0 Å². The Morgan fingerprint density at radius 1 is 1.55 bits per heavy atom. The van der Waals surface area contributed by atoms with Crippen molar-refractivity contribution in [2.24, 2.45) is 5.73 Å². The third kappa shape index (κ3) is 3.41. The minimum atomic E-state index is 0.292. The van der Waals surface area contributed by atoms with Crippen LogP contribution in [0.3, 0.4) is 0 Å². The molecule has 1 unspecified atom stereocenters. The van der Waals surface area contributed by atoms with Crippen LogP contribution in [0.5, 0.6) is 5.75 Å². The summed E-state index contributed by atoms with van der Waals surface area (Å²) in [6, 6.07) is 5.81. The highest BCUT2D eigenvalue weighted by Crippen LogP contribution is 2.27. The third-order valence-corrected chi connectivity index (χ3v) is 3.86. The van der Waals surface area contributed by atoms with Crippen LogP contribution in [0.1, 0.15) is 25.3 Å². The van der Waals surface area contributed by atoms with Gasteiger partial charge in [0.2, 0.25) is 0 Å². The molecule has 5 heteroatoms. The average molecular weight is 294 g/mol. The molecule has 0 aliphatic carbocycles. The molecule has 1 atom stereocenters. The molecule has 0 spiro atoms. The molecule has 0 saturated carbocycles. The highest BCUT2D eigenvalue weighted by molar-refractivity contribution is 7.80. The molecule has 1 aliphatic rings. The monoisotopic (exact) mass is 294 g/mol. The summed E-state index contributed by atoms with van der Waals surface area (Å²) in [6.45, 7) is 4.72. The summed E-state index contributed by atoms with van der Waals surface area (Å²) in [5.74, 6) is 0.811. The van der Waals surface area contributed by atoms with Crippen molar-refractivity contribution < 1.29 is 9.47 Å². The Morgan fingerprint density at radius 2 is 2.35 bits per heavy atom. The number of hydrogen-bond donors (Lipinski definition) is 1. The van der Waals surface area contributed by atoms with Gasteiger partial charge in [-0.2, -0.15) is 0 Å². The summed E-state index contributed by atoms with van der Waals surface area (Å²) >= 11 is 5.16. The summed E-state index contributed by atoms with van der Waals surface area (Å²) in [4.78, 5) is 2.67. The fraction of sp³-hybridized carbons (Fsp3) is 0.533. The second kappa shape index (κ2) is 6.90. The molecule has 1 aliphatic heterocycles. The zero-order valence-corrected chi connectivity index (χ0v) is 12.9. The predicted molar refractivity (Wildman–Crippen MR) is 85.7 cm³/mol. The van der Waals surface area contributed by atoms with Gasteiger partial charge in [-0.3, -0.25) is 0 Å². The molecule has 1 heterocycles. The fourth-order valence-corrected chi connectivity index (χ4v) is 2.71. The van der Waals surface area contributed by atoms with Crippen LogP contribution in [0.2, 0.25) is 0 Å². The van der Waals surface area contributed by atoms with Crippen LogP contribution in [-0.4, -0.2) is 37.9 Å². The number of benzene rings is 1. The van der Waals surface area contributed by atoms with Crippen molar-refractivity contribution in [2.75, 3.05) is 31.7 Å². The summed E-state index contributed by atoms with van der Waals surface area (Å²) in [6.07, 6.45) is 2.55. The van der Waals surface area contributed by atoms with Crippen LogP contribution in [0.4, 0.5) is 5.69 Å². The van der Waals surface area contributed by atoms with Crippen LogP contribution in [0.15, 0.2) is 18.2 Å². The Labute approximate surface area is 125 Å². The van der Waals surface area contributed by atoms with Gasteiger partial charge in [0.1, 0.15) is 10.7 Å². The lowest BCUT2D eigenvalue weighted by Gasteiger charge is -2.28. The van der Waals surface area contributed by atoms with E-state index in [9.17, 15) is 0 Å². The Balaban J connectivity index is 2.27. The number of ether oxygens (including phenoxy) is 2. The number of nitrogens with zero attached hydrogens (tertiary/aromatic N) is 1. The lowest BCUT2D eigenvalue weighted by molar-refractivity contribution is 0.115. The zero-order chi connectivity index (χ0) is 14.5. The molecule has 1 saturated heterocycles. The van der Waals surface area contributed by atoms with E-state index in [-0.39, 0.29) is 0 Å². The van der Waals surface area contributed by atoms with Crippen LogP contribution in [0.25, 0.3) is 0 Å². The van der Waals surface area contributed by atoms with Gasteiger partial charge < -0.3 is 20.1 Å². The second-order valence-corrected chi connectivity index (χ2v) is 5.36. The molecule has 110 valence electrons. The number of likely N-dealkylation sites (N-methyl/N-ethyl adjacent to an activating group) is 1. The first-order valence-corrected chi connectivity index (χ1v) is 7.41. The van der Waals surface area contributed by atoms with Gasteiger partial charge in [-0.1, -0.05) is 12.2 Å².